The maximum Gasteiger partial charge on any atom is 0.262 e. The second-order valence-corrected chi connectivity index (χ2v) is 12.8. The first-order valence-corrected chi connectivity index (χ1v) is 16.5. The van der Waals surface area contributed by atoms with E-state index in [1.165, 1.54) is 26.4 Å². The first-order valence-electron chi connectivity index (χ1n) is 15.0. The molecule has 0 radical (unpaired) electrons. The third-order valence-electron chi connectivity index (χ3n) is 8.21. The highest BCUT2D eigenvalue weighted by Gasteiger charge is 2.21. The molecule has 0 aliphatic carbocycles. The first kappa shape index (κ1) is 30.6. The molecule has 236 valence electrons. The standard InChI is InChI=1S/C34H38N4O6S/c1-42-31-15-14-27(20-33(31)43-2)45(40,41)37-24-10-12-25(13-11-24)38-18-16-23(17-19-38)35-21-26(39)22-44-32-9-5-8-30-34(32)28-6-3-4-7-29(28)36-30/h3-15,20,23,26,35-37,39H,16-19,21-22H2,1-2H3/t26-/m0/s1. The van der Waals surface area contributed by atoms with Gasteiger partial charge in [0.25, 0.3) is 10.0 Å². The monoisotopic (exact) mass is 630 g/mol. The molecule has 1 aromatic heterocycles. The highest BCUT2D eigenvalue weighted by molar-refractivity contribution is 7.92. The summed E-state index contributed by atoms with van der Waals surface area (Å²) in [5.74, 6) is 1.56. The topological polar surface area (TPSA) is 125 Å². The van der Waals surface area contributed by atoms with Gasteiger partial charge in [-0.1, -0.05) is 24.3 Å². The van der Waals surface area contributed by atoms with Gasteiger partial charge in [-0.3, -0.25) is 4.72 Å². The van der Waals surface area contributed by atoms with Crippen molar-refractivity contribution in [2.24, 2.45) is 0 Å². The van der Waals surface area contributed by atoms with Crippen LogP contribution in [0.4, 0.5) is 11.4 Å². The summed E-state index contributed by atoms with van der Waals surface area (Å²) in [4.78, 5) is 5.79. The second-order valence-electron chi connectivity index (χ2n) is 11.2. The molecule has 4 N–H and O–H groups in total. The Bertz CT molecular complexity index is 1870. The molecule has 2 heterocycles. The summed E-state index contributed by atoms with van der Waals surface area (Å²) in [5.41, 5.74) is 3.58. The number of benzene rings is 4. The quantitative estimate of drug-likeness (QED) is 0.149. The summed E-state index contributed by atoms with van der Waals surface area (Å²) >= 11 is 0. The number of hydrogen-bond acceptors (Lipinski definition) is 8. The van der Waals surface area contributed by atoms with Crippen molar-refractivity contribution in [1.29, 1.82) is 0 Å². The van der Waals surface area contributed by atoms with Crippen LogP contribution in [0.3, 0.4) is 0 Å². The number of H-pyrrole nitrogens is 1. The van der Waals surface area contributed by atoms with Crippen LogP contribution < -0.4 is 29.1 Å². The van der Waals surface area contributed by atoms with E-state index in [1.807, 2.05) is 48.5 Å². The number of hydrogen-bond donors (Lipinski definition) is 4. The number of aromatic nitrogens is 1. The molecule has 0 amide bonds. The van der Waals surface area contributed by atoms with Crippen LogP contribution in [0.2, 0.25) is 0 Å². The van der Waals surface area contributed by atoms with Gasteiger partial charge in [0.15, 0.2) is 11.5 Å². The maximum atomic E-state index is 13.0. The van der Waals surface area contributed by atoms with E-state index in [2.05, 4.69) is 26.0 Å². The number of ether oxygens (including phenoxy) is 3. The Morgan fingerprint density at radius 2 is 1.62 bits per heavy atom. The highest BCUT2D eigenvalue weighted by Crippen LogP contribution is 2.33. The van der Waals surface area contributed by atoms with E-state index >= 15 is 0 Å². The van der Waals surface area contributed by atoms with Crippen LogP contribution in [0, 0.1) is 0 Å². The summed E-state index contributed by atoms with van der Waals surface area (Å²) in [6, 6.07) is 26.2. The summed E-state index contributed by atoms with van der Waals surface area (Å²) in [6.07, 6.45) is 1.21. The molecule has 45 heavy (non-hydrogen) atoms. The molecule has 5 aromatic rings. The molecule has 6 rings (SSSR count). The van der Waals surface area contributed by atoms with E-state index in [-0.39, 0.29) is 11.5 Å². The molecule has 11 heteroatoms. The van der Waals surface area contributed by atoms with Gasteiger partial charge >= 0.3 is 0 Å². The van der Waals surface area contributed by atoms with Gasteiger partial charge in [-0.05, 0) is 67.4 Å². The number of anilines is 2. The number of rotatable bonds is 12. The van der Waals surface area contributed by atoms with Crippen molar-refractivity contribution >= 4 is 43.2 Å². The summed E-state index contributed by atoms with van der Waals surface area (Å²) in [6.45, 7) is 2.35. The van der Waals surface area contributed by atoms with Gasteiger partial charge in [0.05, 0.1) is 24.6 Å². The molecular formula is C34H38N4O6S. The van der Waals surface area contributed by atoms with E-state index in [1.54, 1.807) is 18.2 Å². The largest absolute Gasteiger partial charge is 0.493 e. The zero-order valence-electron chi connectivity index (χ0n) is 25.3. The molecule has 1 atom stereocenters. The third kappa shape index (κ3) is 6.80. The zero-order valence-corrected chi connectivity index (χ0v) is 26.1. The molecule has 10 nitrogen and oxygen atoms in total. The van der Waals surface area contributed by atoms with Crippen LogP contribution in [0.5, 0.6) is 17.2 Å². The van der Waals surface area contributed by atoms with Gasteiger partial charge in [-0.2, -0.15) is 0 Å². The summed E-state index contributed by atoms with van der Waals surface area (Å²) < 4.78 is 45.1. The van der Waals surface area contributed by atoms with E-state index in [0.29, 0.717) is 29.8 Å². The number of piperidine rings is 1. The average molecular weight is 631 g/mol. The SMILES string of the molecule is COc1ccc(S(=O)(=O)Nc2ccc(N3CCC(NC[C@H](O)COc4cccc5[nH]c6ccccc6c45)CC3)cc2)cc1OC. The summed E-state index contributed by atoms with van der Waals surface area (Å²) in [5, 5.41) is 16.3. The lowest BCUT2D eigenvalue weighted by Crippen LogP contribution is -2.45. The Morgan fingerprint density at radius 3 is 2.38 bits per heavy atom. The average Bonchev–Trinajstić information content (AvgIpc) is 3.46. The smallest absolute Gasteiger partial charge is 0.262 e. The van der Waals surface area contributed by atoms with Crippen molar-refractivity contribution in [3.8, 4) is 17.2 Å². The number of methoxy groups -OCH3 is 2. The van der Waals surface area contributed by atoms with Gasteiger partial charge in [-0.15, -0.1) is 0 Å². The maximum absolute atomic E-state index is 13.0. The lowest BCUT2D eigenvalue weighted by Gasteiger charge is -2.34. The van der Waals surface area contributed by atoms with Crippen LogP contribution in [-0.2, 0) is 10.0 Å². The van der Waals surface area contributed by atoms with E-state index in [0.717, 1.165) is 59.2 Å². The van der Waals surface area contributed by atoms with Crippen LogP contribution in [0.25, 0.3) is 21.8 Å². The van der Waals surface area contributed by atoms with Crippen molar-refractivity contribution in [1.82, 2.24) is 10.3 Å². The fourth-order valence-corrected chi connectivity index (χ4v) is 6.89. The molecule has 0 bridgehead atoms. The second kappa shape index (κ2) is 13.3. The van der Waals surface area contributed by atoms with Crippen molar-refractivity contribution in [3.05, 3.63) is 84.9 Å². The molecule has 4 aromatic carbocycles. The van der Waals surface area contributed by atoms with Gasteiger partial charge in [-0.25, -0.2) is 8.42 Å². The van der Waals surface area contributed by atoms with Crippen molar-refractivity contribution in [3.63, 3.8) is 0 Å². The number of nitrogens with zero attached hydrogens (tertiary/aromatic N) is 1. The Balaban J connectivity index is 0.971. The molecule has 1 aliphatic rings. The number of aromatic amines is 1. The minimum atomic E-state index is -3.80. The lowest BCUT2D eigenvalue weighted by atomic mass is 10.0. The Morgan fingerprint density at radius 1 is 0.889 bits per heavy atom. The van der Waals surface area contributed by atoms with E-state index in [4.69, 9.17) is 14.2 Å². The van der Waals surface area contributed by atoms with Gasteiger partial charge in [0.2, 0.25) is 0 Å². The number of aliphatic hydroxyl groups is 1. The lowest BCUT2D eigenvalue weighted by molar-refractivity contribution is 0.103. The number of sulfonamides is 1. The Labute approximate surface area is 263 Å². The van der Waals surface area contributed by atoms with Crippen molar-refractivity contribution in [2.45, 2.75) is 29.9 Å². The Hall–Kier alpha value is -4.45. The fraction of sp³-hybridized carbons (Fsp3) is 0.294. The number of para-hydroxylation sites is 1. The molecule has 1 saturated heterocycles. The van der Waals surface area contributed by atoms with Crippen LogP contribution >= 0.6 is 0 Å². The molecule has 0 saturated carbocycles. The minimum absolute atomic E-state index is 0.0853. The normalized spacial score (nSPS) is 14.9. The van der Waals surface area contributed by atoms with E-state index < -0.39 is 16.1 Å². The molecule has 0 unspecified atom stereocenters. The number of aliphatic hydroxyl groups excluding tert-OH is 1. The van der Waals surface area contributed by atoms with Gasteiger partial charge in [0, 0.05) is 59.4 Å². The zero-order chi connectivity index (χ0) is 31.4. The predicted octanol–water partition coefficient (Wildman–Crippen LogP) is 5.14. The Kier molecular flexibility index (Phi) is 9.02. The molecule has 1 fully saturated rings. The van der Waals surface area contributed by atoms with Crippen LogP contribution in [0.15, 0.2) is 89.8 Å². The fourth-order valence-electron chi connectivity index (χ4n) is 5.82. The van der Waals surface area contributed by atoms with Crippen LogP contribution in [0.1, 0.15) is 12.8 Å². The first-order chi connectivity index (χ1) is 21.8. The number of nitrogens with one attached hydrogen (secondary N) is 3. The molecule has 1 aliphatic heterocycles. The van der Waals surface area contributed by atoms with Gasteiger partial charge in [0.1, 0.15) is 18.5 Å². The van der Waals surface area contributed by atoms with Crippen LogP contribution in [-0.4, -0.2) is 71.1 Å². The minimum Gasteiger partial charge on any atom is -0.493 e. The van der Waals surface area contributed by atoms with Crippen molar-refractivity contribution in [2.75, 3.05) is 50.1 Å². The highest BCUT2D eigenvalue weighted by atomic mass is 32.2. The van der Waals surface area contributed by atoms with Gasteiger partial charge < -0.3 is 34.5 Å². The number of fused-ring (bicyclic) bond motifs is 3. The third-order valence-corrected chi connectivity index (χ3v) is 9.59. The predicted molar refractivity (Wildman–Crippen MR) is 177 cm³/mol. The molecule has 0 spiro atoms. The van der Waals surface area contributed by atoms with Crippen molar-refractivity contribution < 1.29 is 27.7 Å². The van der Waals surface area contributed by atoms with E-state index in [9.17, 15) is 13.5 Å². The summed E-state index contributed by atoms with van der Waals surface area (Å²) in [7, 11) is -0.838. The molecular weight excluding hydrogens is 592 g/mol.